The first-order valence-electron chi connectivity index (χ1n) is 6.58. The van der Waals surface area contributed by atoms with Gasteiger partial charge in [0, 0.05) is 6.61 Å². The number of aliphatic carboxylic acids is 1. The Morgan fingerprint density at radius 3 is 2.83 bits per heavy atom. The number of carbonyl (C=O) groups is 1. The van der Waals surface area contributed by atoms with Crippen LogP contribution in [0.25, 0.3) is 0 Å². The van der Waals surface area contributed by atoms with Gasteiger partial charge in [-0.2, -0.15) is 0 Å². The molecule has 1 fully saturated rings. The normalized spacial score (nSPS) is 21.5. The number of carboxylic acid groups (broad SMARTS) is 1. The fraction of sp³-hybridized carbons (Fsp3) is 0.533. The fourth-order valence-corrected chi connectivity index (χ4v) is 2.59. The molecule has 0 spiro atoms. The molecule has 2 atom stereocenters. The number of rotatable bonds is 4. The molecule has 1 saturated heterocycles. The maximum Gasteiger partial charge on any atom is 0.311 e. The Balaban J connectivity index is 2.13. The van der Waals surface area contributed by atoms with Crippen molar-refractivity contribution in [2.24, 2.45) is 0 Å². The molecule has 0 amide bonds. The first kappa shape index (κ1) is 13.1. The van der Waals surface area contributed by atoms with Gasteiger partial charge in [-0.05, 0) is 43.7 Å². The zero-order chi connectivity index (χ0) is 13.0. The molecule has 1 aromatic rings. The standard InChI is InChI=1S/C15H20O3/c1-11-6-2-3-8-13(11)14(15(16)17)10-12-7-4-5-9-18-12/h2-3,6,8,12,14H,4-5,7,9-10H2,1H3,(H,16,17). The van der Waals surface area contributed by atoms with E-state index in [1.807, 2.05) is 31.2 Å². The molecule has 2 unspecified atom stereocenters. The molecule has 1 heterocycles. The van der Waals surface area contributed by atoms with Crippen LogP contribution in [0.1, 0.15) is 42.7 Å². The van der Waals surface area contributed by atoms with Crippen LogP contribution in [0.5, 0.6) is 0 Å². The highest BCUT2D eigenvalue weighted by Crippen LogP contribution is 2.28. The number of ether oxygens (including phenoxy) is 1. The summed E-state index contributed by atoms with van der Waals surface area (Å²) in [4.78, 5) is 11.5. The summed E-state index contributed by atoms with van der Waals surface area (Å²) in [7, 11) is 0. The minimum atomic E-state index is -0.751. The van der Waals surface area contributed by atoms with Gasteiger partial charge in [-0.1, -0.05) is 24.3 Å². The molecular weight excluding hydrogens is 228 g/mol. The Morgan fingerprint density at radius 2 is 2.22 bits per heavy atom. The monoisotopic (exact) mass is 248 g/mol. The quantitative estimate of drug-likeness (QED) is 0.890. The summed E-state index contributed by atoms with van der Waals surface area (Å²) in [5.74, 6) is -1.20. The Kier molecular flexibility index (Phi) is 4.37. The van der Waals surface area contributed by atoms with Gasteiger partial charge in [-0.3, -0.25) is 4.79 Å². The second-order valence-corrected chi connectivity index (χ2v) is 4.97. The van der Waals surface area contributed by atoms with Crippen LogP contribution in [0.2, 0.25) is 0 Å². The molecule has 3 nitrogen and oxygen atoms in total. The van der Waals surface area contributed by atoms with Crippen LogP contribution >= 0.6 is 0 Å². The predicted octanol–water partition coefficient (Wildman–Crippen LogP) is 3.12. The zero-order valence-corrected chi connectivity index (χ0v) is 10.8. The summed E-state index contributed by atoms with van der Waals surface area (Å²) in [6.07, 6.45) is 3.90. The molecule has 2 rings (SSSR count). The third-order valence-electron chi connectivity index (χ3n) is 3.63. The third kappa shape index (κ3) is 3.10. The Bertz CT molecular complexity index is 408. The van der Waals surface area contributed by atoms with Gasteiger partial charge in [0.1, 0.15) is 0 Å². The van der Waals surface area contributed by atoms with Crippen LogP contribution in [0.4, 0.5) is 0 Å². The van der Waals surface area contributed by atoms with E-state index in [0.717, 1.165) is 37.0 Å². The van der Waals surface area contributed by atoms with E-state index in [-0.39, 0.29) is 6.10 Å². The molecule has 1 aliphatic rings. The van der Waals surface area contributed by atoms with E-state index < -0.39 is 11.9 Å². The van der Waals surface area contributed by atoms with Crippen LogP contribution in [0.15, 0.2) is 24.3 Å². The molecule has 0 aromatic heterocycles. The van der Waals surface area contributed by atoms with Gasteiger partial charge in [-0.15, -0.1) is 0 Å². The Morgan fingerprint density at radius 1 is 1.44 bits per heavy atom. The number of carboxylic acids is 1. The minimum absolute atomic E-state index is 0.0967. The lowest BCUT2D eigenvalue weighted by Crippen LogP contribution is -2.25. The summed E-state index contributed by atoms with van der Waals surface area (Å²) in [5.41, 5.74) is 1.96. The highest BCUT2D eigenvalue weighted by molar-refractivity contribution is 5.76. The van der Waals surface area contributed by atoms with Gasteiger partial charge in [0.05, 0.1) is 12.0 Å². The topological polar surface area (TPSA) is 46.5 Å². The molecular formula is C15H20O3. The highest BCUT2D eigenvalue weighted by atomic mass is 16.5. The van der Waals surface area contributed by atoms with Crippen molar-refractivity contribution in [3.05, 3.63) is 35.4 Å². The van der Waals surface area contributed by atoms with Crippen molar-refractivity contribution in [3.63, 3.8) is 0 Å². The second-order valence-electron chi connectivity index (χ2n) is 4.97. The molecule has 1 aromatic carbocycles. The van der Waals surface area contributed by atoms with Crippen LogP contribution in [-0.4, -0.2) is 23.8 Å². The number of benzene rings is 1. The lowest BCUT2D eigenvalue weighted by atomic mass is 9.88. The average Bonchev–Trinajstić information content (AvgIpc) is 2.38. The van der Waals surface area contributed by atoms with Gasteiger partial charge < -0.3 is 9.84 Å². The van der Waals surface area contributed by atoms with Crippen LogP contribution in [0.3, 0.4) is 0 Å². The van der Waals surface area contributed by atoms with E-state index in [1.165, 1.54) is 0 Å². The predicted molar refractivity (Wildman–Crippen MR) is 69.8 cm³/mol. The largest absolute Gasteiger partial charge is 0.481 e. The summed E-state index contributed by atoms with van der Waals surface area (Å²) in [6, 6.07) is 7.72. The first-order chi connectivity index (χ1) is 8.68. The van der Waals surface area contributed by atoms with Crippen molar-refractivity contribution in [3.8, 4) is 0 Å². The molecule has 0 radical (unpaired) electrons. The maximum atomic E-state index is 11.5. The summed E-state index contributed by atoms with van der Waals surface area (Å²) < 4.78 is 5.66. The van der Waals surface area contributed by atoms with Crippen molar-refractivity contribution < 1.29 is 14.6 Å². The fourth-order valence-electron chi connectivity index (χ4n) is 2.59. The van der Waals surface area contributed by atoms with Crippen molar-refractivity contribution in [1.29, 1.82) is 0 Å². The van der Waals surface area contributed by atoms with E-state index in [1.54, 1.807) is 0 Å². The van der Waals surface area contributed by atoms with Gasteiger partial charge in [-0.25, -0.2) is 0 Å². The average molecular weight is 248 g/mol. The number of hydrogen-bond acceptors (Lipinski definition) is 2. The minimum Gasteiger partial charge on any atom is -0.481 e. The van der Waals surface area contributed by atoms with Gasteiger partial charge in [0.2, 0.25) is 0 Å². The molecule has 18 heavy (non-hydrogen) atoms. The molecule has 1 N–H and O–H groups in total. The van der Waals surface area contributed by atoms with E-state index in [0.29, 0.717) is 6.42 Å². The van der Waals surface area contributed by atoms with Crippen LogP contribution in [-0.2, 0) is 9.53 Å². The lowest BCUT2D eigenvalue weighted by Gasteiger charge is -2.26. The van der Waals surface area contributed by atoms with E-state index in [9.17, 15) is 9.90 Å². The summed E-state index contributed by atoms with van der Waals surface area (Å²) in [5, 5.41) is 9.43. The van der Waals surface area contributed by atoms with Gasteiger partial charge in [0.25, 0.3) is 0 Å². The Labute approximate surface area is 108 Å². The van der Waals surface area contributed by atoms with E-state index >= 15 is 0 Å². The lowest BCUT2D eigenvalue weighted by molar-refractivity contribution is -0.140. The second kappa shape index (κ2) is 6.01. The van der Waals surface area contributed by atoms with Gasteiger partial charge >= 0.3 is 5.97 Å². The van der Waals surface area contributed by atoms with Crippen molar-refractivity contribution >= 4 is 5.97 Å². The molecule has 0 aliphatic carbocycles. The molecule has 1 aliphatic heterocycles. The molecule has 3 heteroatoms. The van der Waals surface area contributed by atoms with Crippen molar-refractivity contribution in [1.82, 2.24) is 0 Å². The number of hydrogen-bond donors (Lipinski definition) is 1. The molecule has 0 bridgehead atoms. The smallest absolute Gasteiger partial charge is 0.311 e. The summed E-state index contributed by atoms with van der Waals surface area (Å²) >= 11 is 0. The van der Waals surface area contributed by atoms with Crippen molar-refractivity contribution in [2.75, 3.05) is 6.61 Å². The van der Waals surface area contributed by atoms with Gasteiger partial charge in [0.15, 0.2) is 0 Å². The maximum absolute atomic E-state index is 11.5. The van der Waals surface area contributed by atoms with Crippen LogP contribution in [0, 0.1) is 6.92 Å². The SMILES string of the molecule is Cc1ccccc1C(CC1CCCCO1)C(=O)O. The zero-order valence-electron chi connectivity index (χ0n) is 10.8. The molecule has 0 saturated carbocycles. The summed E-state index contributed by atoms with van der Waals surface area (Å²) in [6.45, 7) is 2.73. The van der Waals surface area contributed by atoms with Crippen LogP contribution < -0.4 is 0 Å². The third-order valence-corrected chi connectivity index (χ3v) is 3.63. The van der Waals surface area contributed by atoms with E-state index in [2.05, 4.69) is 0 Å². The number of aryl methyl sites for hydroxylation is 1. The Hall–Kier alpha value is -1.35. The highest BCUT2D eigenvalue weighted by Gasteiger charge is 2.26. The van der Waals surface area contributed by atoms with E-state index in [4.69, 9.17) is 4.74 Å². The molecule has 98 valence electrons. The first-order valence-corrected chi connectivity index (χ1v) is 6.58. The van der Waals surface area contributed by atoms with Crippen molar-refractivity contribution in [2.45, 2.75) is 44.6 Å².